The normalized spacial score (nSPS) is 23.1. The quantitative estimate of drug-likeness (QED) is 0.838. The van der Waals surface area contributed by atoms with Gasteiger partial charge in [-0.1, -0.05) is 11.6 Å². The summed E-state index contributed by atoms with van der Waals surface area (Å²) in [6, 6.07) is 0. The summed E-state index contributed by atoms with van der Waals surface area (Å²) in [5.74, 6) is 1.02. The molecule has 2 aliphatic rings. The maximum atomic E-state index is 5.85. The van der Waals surface area contributed by atoms with Gasteiger partial charge in [-0.15, -0.1) is 11.3 Å². The Kier molecular flexibility index (Phi) is 3.66. The van der Waals surface area contributed by atoms with Gasteiger partial charge in [-0.05, 0) is 18.8 Å². The molecule has 0 radical (unpaired) electrons. The summed E-state index contributed by atoms with van der Waals surface area (Å²) in [6.07, 6.45) is 4.82. The summed E-state index contributed by atoms with van der Waals surface area (Å²) in [7, 11) is 0. The second-order valence-corrected chi connectivity index (χ2v) is 6.80. The van der Waals surface area contributed by atoms with E-state index in [0.29, 0.717) is 4.47 Å². The van der Waals surface area contributed by atoms with E-state index in [1.165, 1.54) is 50.4 Å². The van der Waals surface area contributed by atoms with Gasteiger partial charge < -0.3 is 4.90 Å². The molecule has 94 valence electrons. The van der Waals surface area contributed by atoms with E-state index >= 15 is 0 Å². The molecule has 17 heavy (non-hydrogen) atoms. The van der Waals surface area contributed by atoms with Crippen LogP contribution in [0, 0.1) is 5.92 Å². The van der Waals surface area contributed by atoms with Crippen LogP contribution in [-0.4, -0.2) is 47.5 Å². The molecule has 3 rings (SSSR count). The van der Waals surface area contributed by atoms with Gasteiger partial charge in [-0.2, -0.15) is 0 Å². The first-order chi connectivity index (χ1) is 8.29. The summed E-state index contributed by atoms with van der Waals surface area (Å²) in [4.78, 5) is 10.5. The predicted molar refractivity (Wildman–Crippen MR) is 71.6 cm³/mol. The van der Waals surface area contributed by atoms with Crippen molar-refractivity contribution in [1.29, 1.82) is 0 Å². The third-order valence-electron chi connectivity index (χ3n) is 3.58. The largest absolute Gasteiger partial charge is 0.301 e. The number of hydrogen-bond acceptors (Lipinski definition) is 4. The maximum Gasteiger partial charge on any atom is 0.183 e. The number of piperazine rings is 1. The number of nitrogens with zero attached hydrogens (tertiary/aromatic N) is 3. The van der Waals surface area contributed by atoms with E-state index in [9.17, 15) is 0 Å². The van der Waals surface area contributed by atoms with E-state index in [2.05, 4.69) is 14.8 Å². The third-order valence-corrected chi connectivity index (χ3v) is 4.68. The van der Waals surface area contributed by atoms with Crippen molar-refractivity contribution in [3.63, 3.8) is 0 Å². The van der Waals surface area contributed by atoms with Crippen LogP contribution in [0.4, 0.5) is 0 Å². The Morgan fingerprint density at radius 1 is 1.24 bits per heavy atom. The van der Waals surface area contributed by atoms with Crippen LogP contribution < -0.4 is 0 Å². The second-order valence-electron chi connectivity index (χ2n) is 5.10. The molecule has 1 aliphatic carbocycles. The second kappa shape index (κ2) is 5.22. The summed E-state index contributed by atoms with van der Waals surface area (Å²) in [5.41, 5.74) is 0. The van der Waals surface area contributed by atoms with Gasteiger partial charge in [0.25, 0.3) is 0 Å². The summed E-state index contributed by atoms with van der Waals surface area (Å²) < 4.78 is 0.660. The molecular weight excluding hydrogens is 254 g/mol. The monoisotopic (exact) mass is 271 g/mol. The highest BCUT2D eigenvalue weighted by Gasteiger charge is 2.26. The number of thiazole rings is 1. The van der Waals surface area contributed by atoms with Crippen LogP contribution in [0.3, 0.4) is 0 Å². The van der Waals surface area contributed by atoms with Crippen molar-refractivity contribution in [3.8, 4) is 0 Å². The molecule has 3 nitrogen and oxygen atoms in total. The molecule has 0 aromatic carbocycles. The Morgan fingerprint density at radius 2 is 1.94 bits per heavy atom. The lowest BCUT2D eigenvalue weighted by atomic mass is 10.2. The van der Waals surface area contributed by atoms with Crippen LogP contribution in [0.2, 0.25) is 4.47 Å². The molecule has 0 unspecified atom stereocenters. The van der Waals surface area contributed by atoms with Crippen LogP contribution in [0.5, 0.6) is 0 Å². The van der Waals surface area contributed by atoms with E-state index in [0.717, 1.165) is 12.5 Å². The number of aromatic nitrogens is 1. The van der Waals surface area contributed by atoms with Gasteiger partial charge >= 0.3 is 0 Å². The molecule has 1 saturated heterocycles. The predicted octanol–water partition coefficient (Wildman–Crippen LogP) is 2.32. The van der Waals surface area contributed by atoms with Crippen molar-refractivity contribution in [2.75, 3.05) is 32.7 Å². The molecule has 2 heterocycles. The molecule has 1 saturated carbocycles. The number of halogens is 1. The molecule has 0 bridgehead atoms. The summed E-state index contributed by atoms with van der Waals surface area (Å²) in [5, 5.41) is 0. The smallest absolute Gasteiger partial charge is 0.183 e. The van der Waals surface area contributed by atoms with Crippen molar-refractivity contribution in [2.24, 2.45) is 5.92 Å². The van der Waals surface area contributed by atoms with Crippen molar-refractivity contribution in [1.82, 2.24) is 14.8 Å². The number of hydrogen-bond donors (Lipinski definition) is 0. The zero-order valence-electron chi connectivity index (χ0n) is 9.94. The van der Waals surface area contributed by atoms with E-state index in [1.54, 1.807) is 11.3 Å². The van der Waals surface area contributed by atoms with Gasteiger partial charge in [0.15, 0.2) is 4.47 Å². The lowest BCUT2D eigenvalue weighted by Gasteiger charge is -2.34. The highest BCUT2D eigenvalue weighted by Crippen LogP contribution is 2.30. The van der Waals surface area contributed by atoms with Gasteiger partial charge in [0, 0.05) is 50.3 Å². The topological polar surface area (TPSA) is 19.4 Å². The Balaban J connectivity index is 1.44. The Hall–Kier alpha value is -0.160. The zero-order valence-corrected chi connectivity index (χ0v) is 11.5. The molecule has 5 heteroatoms. The van der Waals surface area contributed by atoms with E-state index in [1.807, 2.05) is 6.20 Å². The fraction of sp³-hybridized carbons (Fsp3) is 0.750. The maximum absolute atomic E-state index is 5.85. The van der Waals surface area contributed by atoms with Crippen molar-refractivity contribution in [2.45, 2.75) is 19.4 Å². The van der Waals surface area contributed by atoms with Crippen LogP contribution in [0.25, 0.3) is 0 Å². The van der Waals surface area contributed by atoms with Crippen LogP contribution in [0.1, 0.15) is 17.7 Å². The lowest BCUT2D eigenvalue weighted by Crippen LogP contribution is -2.46. The molecule has 1 aromatic heterocycles. The molecule has 0 N–H and O–H groups in total. The standard InChI is InChI=1S/C12H18ClN3S/c13-12-14-7-11(17-12)9-16-5-3-15(4-6-16)8-10-1-2-10/h7,10H,1-6,8-9H2. The van der Waals surface area contributed by atoms with E-state index in [4.69, 9.17) is 11.6 Å². The first kappa shape index (κ1) is 11.9. The molecule has 0 amide bonds. The fourth-order valence-corrected chi connectivity index (χ4v) is 3.39. The van der Waals surface area contributed by atoms with Gasteiger partial charge in [0.1, 0.15) is 0 Å². The first-order valence-electron chi connectivity index (χ1n) is 6.34. The van der Waals surface area contributed by atoms with Crippen LogP contribution >= 0.6 is 22.9 Å². The fourth-order valence-electron chi connectivity index (χ4n) is 2.37. The molecule has 1 aromatic rings. The minimum absolute atomic E-state index is 0.660. The van der Waals surface area contributed by atoms with Gasteiger partial charge in [0.05, 0.1) is 0 Å². The lowest BCUT2D eigenvalue weighted by molar-refractivity contribution is 0.124. The minimum atomic E-state index is 0.660. The Labute approximate surface area is 111 Å². The van der Waals surface area contributed by atoms with Gasteiger partial charge in [-0.25, -0.2) is 4.98 Å². The van der Waals surface area contributed by atoms with E-state index in [-0.39, 0.29) is 0 Å². The Morgan fingerprint density at radius 3 is 2.53 bits per heavy atom. The number of rotatable bonds is 4. The average molecular weight is 272 g/mol. The average Bonchev–Trinajstić information content (AvgIpc) is 3.04. The summed E-state index contributed by atoms with van der Waals surface area (Å²) >= 11 is 7.45. The third kappa shape index (κ3) is 3.41. The van der Waals surface area contributed by atoms with Gasteiger partial charge in [-0.3, -0.25) is 4.90 Å². The molecule has 1 aliphatic heterocycles. The van der Waals surface area contributed by atoms with E-state index < -0.39 is 0 Å². The first-order valence-corrected chi connectivity index (χ1v) is 7.54. The highest BCUT2D eigenvalue weighted by molar-refractivity contribution is 7.15. The summed E-state index contributed by atoms with van der Waals surface area (Å²) in [6.45, 7) is 7.17. The van der Waals surface area contributed by atoms with Crippen molar-refractivity contribution < 1.29 is 0 Å². The van der Waals surface area contributed by atoms with Crippen molar-refractivity contribution in [3.05, 3.63) is 15.5 Å². The minimum Gasteiger partial charge on any atom is -0.301 e. The van der Waals surface area contributed by atoms with Crippen molar-refractivity contribution >= 4 is 22.9 Å². The highest BCUT2D eigenvalue weighted by atomic mass is 35.5. The van der Waals surface area contributed by atoms with Crippen LogP contribution in [0.15, 0.2) is 6.20 Å². The SMILES string of the molecule is Clc1ncc(CN2CCN(CC3CC3)CC2)s1. The molecule has 0 atom stereocenters. The molecular formula is C12H18ClN3S. The molecule has 0 spiro atoms. The molecule has 2 fully saturated rings. The zero-order chi connectivity index (χ0) is 11.7. The Bertz CT molecular complexity index is 370. The van der Waals surface area contributed by atoms with Gasteiger partial charge in [0.2, 0.25) is 0 Å². The van der Waals surface area contributed by atoms with Crippen LogP contribution in [-0.2, 0) is 6.54 Å².